The minimum absolute atomic E-state index is 0. The van der Waals surface area contributed by atoms with Crippen molar-refractivity contribution < 1.29 is 167 Å². The first-order valence-corrected chi connectivity index (χ1v) is 12.3. The Morgan fingerprint density at radius 1 is 0.839 bits per heavy atom. The zero-order chi connectivity index (χ0) is 24.3. The van der Waals surface area contributed by atoms with Crippen molar-refractivity contribution in [2.75, 3.05) is 0 Å². The van der Waals surface area contributed by atoms with Crippen molar-refractivity contribution in [1.29, 1.82) is 0 Å². The fraction of sp³-hybridized carbons (Fsp3) is 0.667. The van der Waals surface area contributed by atoms with Gasteiger partial charge in [0.1, 0.15) is 6.04 Å². The molecule has 19 nitrogen and oxygen atoms in total. The first kappa shape index (κ1) is 43.2. The van der Waals surface area contributed by atoms with Crippen LogP contribution in [0.4, 0.5) is 0 Å². The summed E-state index contributed by atoms with van der Waals surface area (Å²) in [5, 5.41) is 16.5. The van der Waals surface area contributed by atoms with Crippen LogP contribution in [0.15, 0.2) is 0 Å². The molecule has 0 aliphatic rings. The summed E-state index contributed by atoms with van der Waals surface area (Å²) < 4.78 is 43.9. The molecule has 25 heteroatoms. The fourth-order valence-electron chi connectivity index (χ4n) is 0.866. The van der Waals surface area contributed by atoms with Gasteiger partial charge in [-0.15, -0.1) is 0 Å². The molecular weight excluding hydrogens is 560 g/mol. The van der Waals surface area contributed by atoms with Gasteiger partial charge in [-0.3, -0.25) is 13.9 Å². The molecule has 0 aromatic heterocycles. The molecule has 0 bridgehead atoms. The van der Waals surface area contributed by atoms with E-state index in [1.165, 1.54) is 0 Å². The van der Waals surface area contributed by atoms with Crippen LogP contribution in [0.5, 0.6) is 0 Å². The number of hydrogen-bond acceptors (Lipinski definition) is 11. The Morgan fingerprint density at radius 2 is 1.16 bits per heavy atom. The molecule has 0 unspecified atom stereocenters. The molecule has 31 heavy (non-hydrogen) atoms. The van der Waals surface area contributed by atoms with Crippen molar-refractivity contribution in [1.82, 2.24) is 0 Å². The van der Waals surface area contributed by atoms with E-state index < -0.39 is 49.3 Å². The van der Waals surface area contributed by atoms with Gasteiger partial charge >= 0.3 is 116 Å². The summed E-state index contributed by atoms with van der Waals surface area (Å²) in [5.41, 5.74) is 5.11. The maximum absolute atomic E-state index is 10.1. The molecule has 0 heterocycles. The van der Waals surface area contributed by atoms with Gasteiger partial charge in [-0.1, -0.05) is 0 Å². The van der Waals surface area contributed by atoms with Crippen LogP contribution in [0.1, 0.15) is 19.3 Å². The van der Waals surface area contributed by atoms with Crippen LogP contribution in [0.3, 0.4) is 0 Å². The predicted octanol–water partition coefficient (Wildman–Crippen LogP) is -9.23. The van der Waals surface area contributed by atoms with Crippen LogP contribution < -0.4 is 96.5 Å². The van der Waals surface area contributed by atoms with E-state index in [4.69, 9.17) is 45.3 Å². The van der Waals surface area contributed by atoms with Crippen molar-refractivity contribution in [3.05, 3.63) is 0 Å². The third-order valence-electron chi connectivity index (χ3n) is 1.64. The van der Waals surface area contributed by atoms with Crippen molar-refractivity contribution in [2.45, 2.75) is 25.3 Å². The second-order valence-corrected chi connectivity index (χ2v) is 9.46. The molecule has 0 radical (unpaired) electrons. The Morgan fingerprint density at radius 3 is 1.29 bits per heavy atom. The Labute approximate surface area is 238 Å². The molecule has 0 aromatic carbocycles. The van der Waals surface area contributed by atoms with E-state index in [9.17, 15) is 37.6 Å². The molecule has 0 aliphatic heterocycles. The summed E-state index contributed by atoms with van der Waals surface area (Å²) in [5.74, 6) is -2.02. The van der Waals surface area contributed by atoms with E-state index in [2.05, 4.69) is 8.62 Å². The molecular formula is C6H17KNNaO18P4. The Balaban J connectivity index is -0.000000106. The fourth-order valence-corrected chi connectivity index (χ4v) is 3.02. The van der Waals surface area contributed by atoms with Crippen LogP contribution in [-0.4, -0.2) is 57.6 Å². The number of nitrogens with two attached hydrogens (primary N) is 1. The van der Waals surface area contributed by atoms with Gasteiger partial charge in [-0.25, -0.2) is 13.7 Å². The maximum Gasteiger partial charge on any atom is 1.00 e. The van der Waals surface area contributed by atoms with Crippen LogP contribution in [0, 0.1) is 0 Å². The first-order valence-electron chi connectivity index (χ1n) is 6.27. The van der Waals surface area contributed by atoms with Crippen LogP contribution in [0.2, 0.25) is 0 Å². The van der Waals surface area contributed by atoms with E-state index in [1.54, 1.807) is 0 Å². The number of carboxylic acids is 2. The molecule has 0 rings (SSSR count). The molecule has 0 amide bonds. The Kier molecular flexibility index (Phi) is 26.8. The zero-order valence-corrected chi connectivity index (χ0v) is 24.4. The molecule has 1 atom stereocenters. The van der Waals surface area contributed by atoms with E-state index in [1.807, 2.05) is 0 Å². The minimum Gasteiger partial charge on any atom is -0.789 e. The molecule has 0 aliphatic carbocycles. The third-order valence-corrected chi connectivity index (χ3v) is 4.99. The van der Waals surface area contributed by atoms with E-state index in [-0.39, 0.29) is 93.8 Å². The van der Waals surface area contributed by atoms with Crippen LogP contribution >= 0.6 is 31.3 Å². The molecule has 0 saturated heterocycles. The first-order chi connectivity index (χ1) is 12.5. The van der Waals surface area contributed by atoms with Gasteiger partial charge < -0.3 is 59.7 Å². The second kappa shape index (κ2) is 19.3. The predicted molar refractivity (Wildman–Crippen MR) is 83.0 cm³/mol. The summed E-state index contributed by atoms with van der Waals surface area (Å²) in [7, 11) is -20.8. The largest absolute Gasteiger partial charge is 1.00 e. The standard InChI is InChI=1S/C6H11NO4.K.Na.2H4O7P2/c7-4(6(10)11)2-1-3-5(8)9;;;2*1-8(2,3)7-9(4,5)6/h4H,1-3,7H2,(H,8,9)(H,10,11);;;2*(H2,1,2,3)(H2,4,5,6)/q;2*+1;;/p-2/t4-;;;;/m0..../s1. The number of carbonyl (C=O) groups is 2. The number of carboxylic acid groups (broad SMARTS) is 2. The molecule has 0 fully saturated rings. The summed E-state index contributed by atoms with van der Waals surface area (Å²) in [6.07, 6.45) is 0.491. The molecule has 0 spiro atoms. The van der Waals surface area contributed by atoms with Crippen LogP contribution in [-0.2, 0) is 36.5 Å². The minimum atomic E-state index is -5.55. The van der Waals surface area contributed by atoms with Gasteiger partial charge in [0.05, 0.1) is 7.82 Å². The third kappa shape index (κ3) is 50.0. The van der Waals surface area contributed by atoms with Crippen molar-refractivity contribution >= 4 is 43.2 Å². The molecule has 10 N–H and O–H groups in total. The van der Waals surface area contributed by atoms with Crippen molar-refractivity contribution in [2.24, 2.45) is 5.73 Å². The number of phosphoric acid groups is 4. The Hall–Kier alpha value is 2.06. The number of hydrogen-bond donors (Lipinski definition) is 9. The average Bonchev–Trinajstić information content (AvgIpc) is 2.29. The van der Waals surface area contributed by atoms with E-state index in [0.29, 0.717) is 6.42 Å². The van der Waals surface area contributed by atoms with Crippen molar-refractivity contribution in [3.63, 3.8) is 0 Å². The second-order valence-electron chi connectivity index (χ2n) is 4.31. The number of aliphatic carboxylic acids is 2. The van der Waals surface area contributed by atoms with Gasteiger partial charge in [-0.2, -0.15) is 4.31 Å². The number of rotatable bonds is 9. The van der Waals surface area contributed by atoms with E-state index >= 15 is 0 Å². The van der Waals surface area contributed by atoms with Crippen LogP contribution in [0.25, 0.3) is 0 Å². The van der Waals surface area contributed by atoms with Gasteiger partial charge in [0, 0.05) is 6.42 Å². The summed E-state index contributed by atoms with van der Waals surface area (Å²) in [6.45, 7) is 0. The maximum atomic E-state index is 10.1. The summed E-state index contributed by atoms with van der Waals surface area (Å²) >= 11 is 0. The van der Waals surface area contributed by atoms with Gasteiger partial charge in [0.25, 0.3) is 0 Å². The monoisotopic (exact) mass is 577 g/mol. The quantitative estimate of drug-likeness (QED) is 0.0907. The Bertz CT molecular complexity index is 626. The van der Waals surface area contributed by atoms with Gasteiger partial charge in [-0.05, 0) is 12.8 Å². The average molecular weight is 577 g/mol. The topological polar surface area (TPSA) is 355 Å². The summed E-state index contributed by atoms with van der Waals surface area (Å²) in [4.78, 5) is 85.2. The zero-order valence-electron chi connectivity index (χ0n) is 15.7. The molecule has 0 saturated carbocycles. The molecule has 176 valence electrons. The van der Waals surface area contributed by atoms with Crippen molar-refractivity contribution in [3.8, 4) is 0 Å². The van der Waals surface area contributed by atoms with Gasteiger partial charge in [0.2, 0.25) is 0 Å². The SMILES string of the molecule is N[C@@H](CCCC(=O)O)C(=O)O.O=P(O)(O)OP(=O)(O)O.O=P([O-])([O-])OP(=O)(O)O.[K+].[Na+]. The molecule has 0 aromatic rings. The smallest absolute Gasteiger partial charge is 0.789 e. The normalized spacial score (nSPS) is 12.4. The van der Waals surface area contributed by atoms with E-state index in [0.717, 1.165) is 0 Å². The summed E-state index contributed by atoms with van der Waals surface area (Å²) in [6, 6.07) is -0.936. The van der Waals surface area contributed by atoms with Gasteiger partial charge in [0.15, 0.2) is 0 Å².